The van der Waals surface area contributed by atoms with Gasteiger partial charge in [0.1, 0.15) is 0 Å². The molecule has 0 spiro atoms. The summed E-state index contributed by atoms with van der Waals surface area (Å²) in [5, 5.41) is 7.12. The molecule has 0 radical (unpaired) electrons. The number of hydrogen-bond acceptors (Lipinski definition) is 5. The van der Waals surface area contributed by atoms with E-state index in [1.807, 2.05) is 0 Å². The smallest absolute Gasteiger partial charge is 0.475 e. The molecule has 0 unspecified atom stereocenters. The summed E-state index contributed by atoms with van der Waals surface area (Å²) in [6.07, 6.45) is -5.08. The Balaban J connectivity index is 0. The van der Waals surface area contributed by atoms with Gasteiger partial charge in [0.25, 0.3) is 0 Å². The number of rotatable bonds is 3. The van der Waals surface area contributed by atoms with Crippen molar-refractivity contribution in [2.24, 2.45) is 0 Å². The third kappa shape index (κ3) is 8.37. The van der Waals surface area contributed by atoms with Gasteiger partial charge in [0.15, 0.2) is 0 Å². The maximum Gasteiger partial charge on any atom is 0.490 e. The minimum Gasteiger partial charge on any atom is -0.475 e. The van der Waals surface area contributed by atoms with E-state index in [9.17, 15) is 17.7 Å². The van der Waals surface area contributed by atoms with Crippen LogP contribution < -0.4 is 0 Å². The molecule has 0 aromatic carbocycles. The van der Waals surface area contributed by atoms with Gasteiger partial charge in [-0.05, 0) is 0 Å². The van der Waals surface area contributed by atoms with Gasteiger partial charge in [-0.2, -0.15) is 13.2 Å². The molecule has 0 rings (SSSR count). The van der Waals surface area contributed by atoms with E-state index in [0.29, 0.717) is 0 Å². The second-order valence-electron chi connectivity index (χ2n) is 1.80. The molecule has 0 aromatic rings. The molecular weight excluding hydrogens is 244 g/mol. The number of phosphoric acid groups is 1. The zero-order valence-electron chi connectivity index (χ0n) is 8.07. The molecule has 15 heavy (non-hydrogen) atoms. The van der Waals surface area contributed by atoms with Crippen molar-refractivity contribution in [3.05, 3.63) is 0 Å². The van der Waals surface area contributed by atoms with Crippen molar-refractivity contribution in [2.45, 2.75) is 6.18 Å². The normalized spacial score (nSPS) is 11.6. The first-order valence-corrected chi connectivity index (χ1v) is 4.66. The van der Waals surface area contributed by atoms with Gasteiger partial charge in [0.05, 0.1) is 0 Å². The van der Waals surface area contributed by atoms with Crippen LogP contribution in [0.2, 0.25) is 0 Å². The molecule has 0 aliphatic heterocycles. The second-order valence-corrected chi connectivity index (χ2v) is 3.79. The Bertz CT molecular complexity index is 220. The second kappa shape index (κ2) is 6.78. The molecule has 0 atom stereocenters. The molecule has 6 nitrogen and oxygen atoms in total. The van der Waals surface area contributed by atoms with Crippen molar-refractivity contribution < 1.29 is 41.2 Å². The Hall–Kier alpha value is -0.630. The number of aliphatic carboxylic acids is 1. The first kappa shape index (κ1) is 16.8. The first-order valence-electron chi connectivity index (χ1n) is 3.20. The summed E-state index contributed by atoms with van der Waals surface area (Å²) in [5.74, 6) is -2.76. The summed E-state index contributed by atoms with van der Waals surface area (Å²) >= 11 is 0. The number of halogens is 3. The minimum atomic E-state index is -5.08. The Morgan fingerprint density at radius 1 is 1.13 bits per heavy atom. The Labute approximate surface area is 83.5 Å². The summed E-state index contributed by atoms with van der Waals surface area (Å²) < 4.78 is 55.4. The largest absolute Gasteiger partial charge is 0.490 e. The molecule has 92 valence electrons. The summed E-state index contributed by atoms with van der Waals surface area (Å²) in [4.78, 5) is 8.90. The van der Waals surface area contributed by atoms with Gasteiger partial charge in [-0.15, -0.1) is 0 Å². The summed E-state index contributed by atoms with van der Waals surface area (Å²) in [7, 11) is 0.611. The number of carboxylic acids is 1. The van der Waals surface area contributed by atoms with E-state index in [1.165, 1.54) is 21.3 Å². The maximum absolute atomic E-state index is 10.7. The van der Waals surface area contributed by atoms with Crippen molar-refractivity contribution in [2.75, 3.05) is 21.3 Å². The summed E-state index contributed by atoms with van der Waals surface area (Å²) in [6, 6.07) is 0. The quantitative estimate of drug-likeness (QED) is 0.771. The molecule has 0 aromatic heterocycles. The van der Waals surface area contributed by atoms with Crippen LogP contribution in [-0.4, -0.2) is 38.6 Å². The fourth-order valence-corrected chi connectivity index (χ4v) is 0.671. The highest BCUT2D eigenvalue weighted by atomic mass is 31.2. The lowest BCUT2D eigenvalue weighted by molar-refractivity contribution is -0.192. The van der Waals surface area contributed by atoms with Crippen LogP contribution in [-0.2, 0) is 22.9 Å². The lowest BCUT2D eigenvalue weighted by Gasteiger charge is -2.08. The predicted octanol–water partition coefficient (Wildman–Crippen LogP) is 1.67. The van der Waals surface area contributed by atoms with E-state index in [2.05, 4.69) is 13.6 Å². The molecule has 1 N–H and O–H groups in total. The van der Waals surface area contributed by atoms with Crippen LogP contribution in [0.4, 0.5) is 13.2 Å². The fraction of sp³-hybridized carbons (Fsp3) is 0.800. The van der Waals surface area contributed by atoms with Crippen LogP contribution in [0.3, 0.4) is 0 Å². The zero-order valence-corrected chi connectivity index (χ0v) is 8.96. The third-order valence-corrected chi connectivity index (χ3v) is 2.25. The molecule has 0 saturated carbocycles. The Morgan fingerprint density at radius 3 is 1.33 bits per heavy atom. The molecule has 0 amide bonds. The van der Waals surface area contributed by atoms with Crippen molar-refractivity contribution in [3.63, 3.8) is 0 Å². The highest BCUT2D eigenvalue weighted by Crippen LogP contribution is 2.46. The van der Waals surface area contributed by atoms with Gasteiger partial charge in [0, 0.05) is 21.3 Å². The van der Waals surface area contributed by atoms with Gasteiger partial charge >= 0.3 is 20.0 Å². The highest BCUT2D eigenvalue weighted by molar-refractivity contribution is 7.48. The summed E-state index contributed by atoms with van der Waals surface area (Å²) in [6.45, 7) is 0. The van der Waals surface area contributed by atoms with Gasteiger partial charge in [-0.3, -0.25) is 13.6 Å². The number of carbonyl (C=O) groups is 1. The van der Waals surface area contributed by atoms with E-state index in [4.69, 9.17) is 9.90 Å². The SMILES string of the molecule is COP(=O)(OC)OC.O=C(O)C(F)(F)F. The number of phosphoric ester groups is 1. The fourth-order valence-electron chi connectivity index (χ4n) is 0.224. The zero-order chi connectivity index (χ0) is 12.7. The monoisotopic (exact) mass is 254 g/mol. The minimum absolute atomic E-state index is 1.26. The van der Waals surface area contributed by atoms with Crippen LogP contribution in [0.1, 0.15) is 0 Å². The first-order chi connectivity index (χ1) is 6.63. The third-order valence-electron chi connectivity index (χ3n) is 0.913. The highest BCUT2D eigenvalue weighted by Gasteiger charge is 2.38. The Kier molecular flexibility index (Phi) is 7.59. The molecule has 0 aliphatic carbocycles. The van der Waals surface area contributed by atoms with E-state index in [0.717, 1.165) is 0 Å². The van der Waals surface area contributed by atoms with Crippen LogP contribution in [0.5, 0.6) is 0 Å². The van der Waals surface area contributed by atoms with Crippen molar-refractivity contribution >= 4 is 13.8 Å². The van der Waals surface area contributed by atoms with E-state index < -0.39 is 20.0 Å². The molecular formula is C5H10F3O6P. The van der Waals surface area contributed by atoms with Crippen LogP contribution in [0.15, 0.2) is 0 Å². The molecule has 10 heteroatoms. The topological polar surface area (TPSA) is 82.1 Å². The Morgan fingerprint density at radius 2 is 1.33 bits per heavy atom. The van der Waals surface area contributed by atoms with Crippen LogP contribution >= 0.6 is 7.82 Å². The summed E-state index contributed by atoms with van der Waals surface area (Å²) in [5.41, 5.74) is 0. The van der Waals surface area contributed by atoms with E-state index in [1.54, 1.807) is 0 Å². The lowest BCUT2D eigenvalue weighted by atomic mass is 10.7. The van der Waals surface area contributed by atoms with Gasteiger partial charge < -0.3 is 5.11 Å². The molecule has 0 aliphatic rings. The van der Waals surface area contributed by atoms with Crippen molar-refractivity contribution in [3.8, 4) is 0 Å². The van der Waals surface area contributed by atoms with Crippen molar-refractivity contribution in [1.29, 1.82) is 0 Å². The molecule has 0 bridgehead atoms. The van der Waals surface area contributed by atoms with Gasteiger partial charge in [-0.1, -0.05) is 0 Å². The van der Waals surface area contributed by atoms with Crippen LogP contribution in [0, 0.1) is 0 Å². The molecule has 0 heterocycles. The lowest BCUT2D eigenvalue weighted by Crippen LogP contribution is -2.21. The van der Waals surface area contributed by atoms with Gasteiger partial charge in [-0.25, -0.2) is 9.36 Å². The average Bonchev–Trinajstić information content (AvgIpc) is 2.16. The average molecular weight is 254 g/mol. The van der Waals surface area contributed by atoms with Crippen molar-refractivity contribution in [1.82, 2.24) is 0 Å². The van der Waals surface area contributed by atoms with E-state index in [-0.39, 0.29) is 0 Å². The van der Waals surface area contributed by atoms with E-state index >= 15 is 0 Å². The number of carboxylic acid groups (broad SMARTS) is 1. The maximum atomic E-state index is 10.7. The standard InChI is InChI=1S/C3H9O4P.C2HF3O2/c1-5-8(4,6-2)7-3;3-2(4,5)1(6)7/h1-3H3;(H,6,7). The van der Waals surface area contributed by atoms with Gasteiger partial charge in [0.2, 0.25) is 0 Å². The van der Waals surface area contributed by atoms with Crippen LogP contribution in [0.25, 0.3) is 0 Å². The number of alkyl halides is 3. The molecule has 0 saturated heterocycles. The molecule has 0 fully saturated rings. The predicted molar refractivity (Wildman–Crippen MR) is 42.3 cm³/mol. The number of hydrogen-bond donors (Lipinski definition) is 1.